The first-order valence-corrected chi connectivity index (χ1v) is 4.35. The normalized spacial score (nSPS) is 18.5. The molecule has 0 amide bonds. The number of nitrogens with one attached hydrogen (secondary N) is 1. The minimum Gasteiger partial charge on any atom is -0.503 e. The van der Waals surface area contributed by atoms with Gasteiger partial charge in [-0.15, -0.1) is 0 Å². The second-order valence-electron chi connectivity index (χ2n) is 3.51. The van der Waals surface area contributed by atoms with Crippen molar-refractivity contribution in [2.75, 3.05) is 0 Å². The largest absolute Gasteiger partial charge is 0.503 e. The van der Waals surface area contributed by atoms with E-state index in [1.54, 1.807) is 6.20 Å². The Kier molecular flexibility index (Phi) is 1.84. The van der Waals surface area contributed by atoms with Gasteiger partial charge in [-0.2, -0.15) is 0 Å². The van der Waals surface area contributed by atoms with Crippen LogP contribution in [-0.2, 0) is 0 Å². The molecule has 1 aromatic heterocycles. The molecule has 1 saturated carbocycles. The summed E-state index contributed by atoms with van der Waals surface area (Å²) < 4.78 is 0. The van der Waals surface area contributed by atoms with E-state index in [1.165, 1.54) is 6.07 Å². The zero-order chi connectivity index (χ0) is 9.42. The van der Waals surface area contributed by atoms with Crippen LogP contribution < -0.4 is 11.3 Å². The zero-order valence-electron chi connectivity index (χ0n) is 7.16. The molecule has 1 aliphatic rings. The van der Waals surface area contributed by atoms with Gasteiger partial charge in [0.15, 0.2) is 5.75 Å². The van der Waals surface area contributed by atoms with Crippen LogP contribution in [0.5, 0.6) is 5.75 Å². The SMILES string of the molecule is N[C@@H](c1c[nH]c(=O)c(O)c1)C1CC1. The van der Waals surface area contributed by atoms with E-state index in [1.807, 2.05) is 0 Å². The third-order valence-electron chi connectivity index (χ3n) is 2.42. The molecule has 1 aliphatic carbocycles. The van der Waals surface area contributed by atoms with Crippen LogP contribution in [-0.4, -0.2) is 10.1 Å². The highest BCUT2D eigenvalue weighted by atomic mass is 16.3. The van der Waals surface area contributed by atoms with Crippen molar-refractivity contribution in [1.82, 2.24) is 4.98 Å². The Bertz CT molecular complexity index is 368. The molecule has 0 radical (unpaired) electrons. The van der Waals surface area contributed by atoms with Gasteiger partial charge in [0.05, 0.1) is 0 Å². The number of aromatic amines is 1. The molecule has 0 saturated heterocycles. The highest BCUT2D eigenvalue weighted by molar-refractivity contribution is 5.25. The summed E-state index contributed by atoms with van der Waals surface area (Å²) in [5.41, 5.74) is 6.23. The lowest BCUT2D eigenvalue weighted by Gasteiger charge is -2.09. The average molecular weight is 180 g/mol. The van der Waals surface area contributed by atoms with Crippen LogP contribution >= 0.6 is 0 Å². The quantitative estimate of drug-likeness (QED) is 0.619. The molecule has 0 spiro atoms. The van der Waals surface area contributed by atoms with E-state index >= 15 is 0 Å². The third-order valence-corrected chi connectivity index (χ3v) is 2.42. The Morgan fingerprint density at radius 3 is 2.85 bits per heavy atom. The lowest BCUT2D eigenvalue weighted by Crippen LogP contribution is -2.15. The maximum absolute atomic E-state index is 10.8. The van der Waals surface area contributed by atoms with Crippen molar-refractivity contribution in [3.8, 4) is 5.75 Å². The Morgan fingerprint density at radius 2 is 2.31 bits per heavy atom. The van der Waals surface area contributed by atoms with Gasteiger partial charge in [-0.05, 0) is 30.4 Å². The summed E-state index contributed by atoms with van der Waals surface area (Å²) >= 11 is 0. The molecule has 0 aliphatic heterocycles. The standard InChI is InChI=1S/C9H12N2O2/c10-8(5-1-2-5)6-3-7(12)9(13)11-4-6/h3-5,8,12H,1-2,10H2,(H,11,13)/t8-/m1/s1. The van der Waals surface area contributed by atoms with Crippen LogP contribution in [0.1, 0.15) is 24.4 Å². The van der Waals surface area contributed by atoms with Crippen LogP contribution in [0.15, 0.2) is 17.1 Å². The Morgan fingerprint density at radius 1 is 1.62 bits per heavy atom. The molecule has 1 heterocycles. The Hall–Kier alpha value is -1.29. The summed E-state index contributed by atoms with van der Waals surface area (Å²) in [5, 5.41) is 9.15. The second kappa shape index (κ2) is 2.88. The molecule has 2 rings (SSSR count). The first-order chi connectivity index (χ1) is 6.18. The van der Waals surface area contributed by atoms with Crippen LogP contribution in [0.3, 0.4) is 0 Å². The van der Waals surface area contributed by atoms with E-state index < -0.39 is 5.56 Å². The molecule has 70 valence electrons. The number of rotatable bonds is 2. The molecule has 0 aromatic carbocycles. The molecule has 1 fully saturated rings. The van der Waals surface area contributed by atoms with Gasteiger partial charge in [0.1, 0.15) is 0 Å². The second-order valence-corrected chi connectivity index (χ2v) is 3.51. The molecule has 13 heavy (non-hydrogen) atoms. The molecule has 1 atom stereocenters. The number of H-pyrrole nitrogens is 1. The van der Waals surface area contributed by atoms with Crippen LogP contribution in [0.2, 0.25) is 0 Å². The lowest BCUT2D eigenvalue weighted by atomic mass is 10.1. The van der Waals surface area contributed by atoms with E-state index in [4.69, 9.17) is 10.8 Å². The summed E-state index contributed by atoms with van der Waals surface area (Å²) in [6.45, 7) is 0. The average Bonchev–Trinajstić information content (AvgIpc) is 2.91. The van der Waals surface area contributed by atoms with Gasteiger partial charge in [0.25, 0.3) is 5.56 Å². The summed E-state index contributed by atoms with van der Waals surface area (Å²) in [5.74, 6) is 0.263. The van der Waals surface area contributed by atoms with E-state index in [0.29, 0.717) is 5.92 Å². The van der Waals surface area contributed by atoms with Gasteiger partial charge in [-0.1, -0.05) is 0 Å². The highest BCUT2D eigenvalue weighted by Gasteiger charge is 2.29. The van der Waals surface area contributed by atoms with E-state index in [9.17, 15) is 4.79 Å². The Balaban J connectivity index is 2.29. The van der Waals surface area contributed by atoms with Gasteiger partial charge in [0, 0.05) is 12.2 Å². The summed E-state index contributed by atoms with van der Waals surface area (Å²) in [7, 11) is 0. The maximum atomic E-state index is 10.8. The highest BCUT2D eigenvalue weighted by Crippen LogP contribution is 2.39. The number of pyridine rings is 1. The number of hydrogen-bond acceptors (Lipinski definition) is 3. The predicted molar refractivity (Wildman–Crippen MR) is 48.4 cm³/mol. The van der Waals surface area contributed by atoms with Gasteiger partial charge in [-0.25, -0.2) is 0 Å². The van der Waals surface area contributed by atoms with Gasteiger partial charge in [-0.3, -0.25) is 4.79 Å². The fraction of sp³-hybridized carbons (Fsp3) is 0.444. The predicted octanol–water partition coefficient (Wildman–Crippen LogP) is 0.490. The zero-order valence-corrected chi connectivity index (χ0v) is 7.16. The molecule has 4 nitrogen and oxygen atoms in total. The molecular formula is C9H12N2O2. The van der Waals surface area contributed by atoms with Crippen molar-refractivity contribution in [2.45, 2.75) is 18.9 Å². The molecule has 4 N–H and O–H groups in total. The number of aromatic nitrogens is 1. The topological polar surface area (TPSA) is 79.1 Å². The van der Waals surface area contributed by atoms with E-state index in [2.05, 4.69) is 4.98 Å². The number of aromatic hydroxyl groups is 1. The molecular weight excluding hydrogens is 168 g/mol. The summed E-state index contributed by atoms with van der Waals surface area (Å²) in [4.78, 5) is 13.3. The lowest BCUT2D eigenvalue weighted by molar-refractivity contribution is 0.463. The first kappa shape index (κ1) is 8.31. The van der Waals surface area contributed by atoms with Crippen molar-refractivity contribution < 1.29 is 5.11 Å². The fourth-order valence-electron chi connectivity index (χ4n) is 1.41. The molecule has 1 aromatic rings. The van der Waals surface area contributed by atoms with Gasteiger partial charge in [0.2, 0.25) is 0 Å². The van der Waals surface area contributed by atoms with Crippen molar-refractivity contribution in [3.05, 3.63) is 28.2 Å². The maximum Gasteiger partial charge on any atom is 0.290 e. The minimum atomic E-state index is -0.466. The summed E-state index contributed by atoms with van der Waals surface area (Å²) in [6, 6.07) is 1.39. The van der Waals surface area contributed by atoms with E-state index in [0.717, 1.165) is 18.4 Å². The van der Waals surface area contributed by atoms with Crippen LogP contribution in [0.25, 0.3) is 0 Å². The molecule has 0 bridgehead atoms. The van der Waals surface area contributed by atoms with Gasteiger partial charge >= 0.3 is 0 Å². The molecule has 0 unspecified atom stereocenters. The third kappa shape index (κ3) is 1.58. The minimum absolute atomic E-state index is 0.0530. The first-order valence-electron chi connectivity index (χ1n) is 4.35. The Labute approximate surface area is 75.4 Å². The van der Waals surface area contributed by atoms with Crippen LogP contribution in [0, 0.1) is 5.92 Å². The smallest absolute Gasteiger partial charge is 0.290 e. The van der Waals surface area contributed by atoms with E-state index in [-0.39, 0.29) is 11.8 Å². The monoisotopic (exact) mass is 180 g/mol. The van der Waals surface area contributed by atoms with Gasteiger partial charge < -0.3 is 15.8 Å². The number of hydrogen-bond donors (Lipinski definition) is 3. The molecule has 4 heteroatoms. The van der Waals surface area contributed by atoms with Crippen molar-refractivity contribution >= 4 is 0 Å². The van der Waals surface area contributed by atoms with Crippen molar-refractivity contribution in [1.29, 1.82) is 0 Å². The van der Waals surface area contributed by atoms with Crippen molar-refractivity contribution in [3.63, 3.8) is 0 Å². The van der Waals surface area contributed by atoms with Crippen LogP contribution in [0.4, 0.5) is 0 Å². The van der Waals surface area contributed by atoms with Crippen molar-refractivity contribution in [2.24, 2.45) is 11.7 Å². The number of nitrogens with two attached hydrogens (primary N) is 1. The summed E-state index contributed by atoms with van der Waals surface area (Å²) in [6.07, 6.45) is 3.85. The fourth-order valence-corrected chi connectivity index (χ4v) is 1.41.